The Balaban J connectivity index is 0.00000137. The van der Waals surface area contributed by atoms with Crippen molar-refractivity contribution in [3.63, 3.8) is 0 Å². The van der Waals surface area contributed by atoms with Gasteiger partial charge in [-0.1, -0.05) is 34.6 Å². The molecular formula is C14H32N2OSi. The topological polar surface area (TPSA) is 33.3 Å². The van der Waals surface area contributed by atoms with Gasteiger partial charge in [0.25, 0.3) is 0 Å². The zero-order valence-electron chi connectivity index (χ0n) is 13.5. The molecule has 0 bridgehead atoms. The number of nitrogens with one attached hydrogen (secondary N) is 2. The van der Waals surface area contributed by atoms with E-state index in [1.165, 1.54) is 11.4 Å². The normalized spacial score (nSPS) is 15.8. The molecule has 0 fully saturated rings. The molecule has 0 aromatic heterocycles. The van der Waals surface area contributed by atoms with Gasteiger partial charge < -0.3 is 15.1 Å². The van der Waals surface area contributed by atoms with E-state index in [1.54, 1.807) is 0 Å². The van der Waals surface area contributed by atoms with E-state index in [0.29, 0.717) is 5.04 Å². The highest BCUT2D eigenvalue weighted by molar-refractivity contribution is 6.74. The Labute approximate surface area is 115 Å². The first-order valence-electron chi connectivity index (χ1n) is 7.05. The minimum atomic E-state index is -1.57. The minimum absolute atomic E-state index is 0.303. The Morgan fingerprint density at radius 2 is 1.72 bits per heavy atom. The van der Waals surface area contributed by atoms with Crippen molar-refractivity contribution in [2.45, 2.75) is 66.1 Å². The molecule has 0 aromatic rings. The van der Waals surface area contributed by atoms with Crippen molar-refractivity contribution in [2.75, 3.05) is 13.3 Å². The molecule has 0 aliphatic carbocycles. The predicted octanol–water partition coefficient (Wildman–Crippen LogP) is 3.81. The van der Waals surface area contributed by atoms with Crippen LogP contribution in [-0.2, 0) is 4.43 Å². The van der Waals surface area contributed by atoms with Gasteiger partial charge in [-0.05, 0) is 25.1 Å². The average Bonchev–Trinajstić information content (AvgIpc) is 2.66. The van der Waals surface area contributed by atoms with Crippen LogP contribution >= 0.6 is 0 Å². The largest absolute Gasteiger partial charge is 0.416 e. The second kappa shape index (κ2) is 7.19. The number of allylic oxidation sites excluding steroid dienone is 1. The number of hydrogen-bond donors (Lipinski definition) is 2. The maximum absolute atomic E-state index is 6.14. The molecule has 0 amide bonds. The lowest BCUT2D eigenvalue weighted by molar-refractivity contribution is 0.289. The summed E-state index contributed by atoms with van der Waals surface area (Å²) < 4.78 is 6.14. The van der Waals surface area contributed by atoms with E-state index in [1.807, 2.05) is 13.8 Å². The molecule has 1 heterocycles. The Morgan fingerprint density at radius 1 is 1.17 bits per heavy atom. The molecule has 3 nitrogen and oxygen atoms in total. The second-order valence-electron chi connectivity index (χ2n) is 5.99. The van der Waals surface area contributed by atoms with Gasteiger partial charge in [-0.2, -0.15) is 0 Å². The molecule has 1 rings (SSSR count). The molecule has 0 saturated heterocycles. The first-order valence-corrected chi connectivity index (χ1v) is 9.96. The SMILES string of the molecule is CC.CC1=C(CCO[Si](C)(C)C(C)(C)C)NCN1. The van der Waals surface area contributed by atoms with Gasteiger partial charge in [0, 0.05) is 24.4 Å². The van der Waals surface area contributed by atoms with Gasteiger partial charge in [0.05, 0.1) is 6.67 Å². The highest BCUT2D eigenvalue weighted by Crippen LogP contribution is 2.36. The van der Waals surface area contributed by atoms with Gasteiger partial charge in [0.1, 0.15) is 0 Å². The Bertz CT molecular complexity index is 280. The summed E-state index contributed by atoms with van der Waals surface area (Å²) in [7, 11) is -1.57. The molecule has 4 heteroatoms. The van der Waals surface area contributed by atoms with Crippen LogP contribution < -0.4 is 10.6 Å². The van der Waals surface area contributed by atoms with Crippen molar-refractivity contribution < 1.29 is 4.43 Å². The maximum Gasteiger partial charge on any atom is 0.191 e. The fourth-order valence-electron chi connectivity index (χ4n) is 1.42. The first kappa shape index (κ1) is 17.5. The van der Waals surface area contributed by atoms with E-state index < -0.39 is 8.32 Å². The minimum Gasteiger partial charge on any atom is -0.416 e. The molecule has 18 heavy (non-hydrogen) atoms. The summed E-state index contributed by atoms with van der Waals surface area (Å²) in [6.45, 7) is 19.2. The van der Waals surface area contributed by atoms with Gasteiger partial charge >= 0.3 is 0 Å². The third-order valence-electron chi connectivity index (χ3n) is 3.73. The van der Waals surface area contributed by atoms with E-state index in [0.717, 1.165) is 19.7 Å². The number of rotatable bonds is 4. The molecule has 0 unspecified atom stereocenters. The summed E-state index contributed by atoms with van der Waals surface area (Å²) in [5.41, 5.74) is 2.57. The zero-order valence-corrected chi connectivity index (χ0v) is 14.5. The number of hydrogen-bond acceptors (Lipinski definition) is 3. The van der Waals surface area contributed by atoms with Crippen LogP contribution in [0.1, 0.15) is 48.0 Å². The molecule has 0 saturated carbocycles. The van der Waals surface area contributed by atoms with Gasteiger partial charge in [-0.3, -0.25) is 0 Å². The molecule has 1 aliphatic rings. The molecule has 0 radical (unpaired) electrons. The quantitative estimate of drug-likeness (QED) is 0.764. The van der Waals surface area contributed by atoms with Crippen molar-refractivity contribution in [2.24, 2.45) is 0 Å². The summed E-state index contributed by atoms with van der Waals surface area (Å²) in [5.74, 6) is 0. The zero-order chi connectivity index (χ0) is 14.4. The van der Waals surface area contributed by atoms with E-state index in [4.69, 9.17) is 4.43 Å². The van der Waals surface area contributed by atoms with Crippen LogP contribution in [0, 0.1) is 0 Å². The van der Waals surface area contributed by atoms with Crippen LogP contribution in [0.3, 0.4) is 0 Å². The van der Waals surface area contributed by atoms with Gasteiger partial charge in [-0.25, -0.2) is 0 Å². The van der Waals surface area contributed by atoms with Crippen LogP contribution in [0.2, 0.25) is 18.1 Å². The molecule has 0 atom stereocenters. The van der Waals surface area contributed by atoms with Crippen molar-refractivity contribution in [1.29, 1.82) is 0 Å². The highest BCUT2D eigenvalue weighted by Gasteiger charge is 2.36. The Kier molecular flexibility index (Phi) is 7.00. The first-order chi connectivity index (χ1) is 8.24. The van der Waals surface area contributed by atoms with Crippen LogP contribution in [0.5, 0.6) is 0 Å². The van der Waals surface area contributed by atoms with Crippen molar-refractivity contribution >= 4 is 8.32 Å². The summed E-state index contributed by atoms with van der Waals surface area (Å²) in [5, 5.41) is 6.91. The molecule has 0 aromatic carbocycles. The molecule has 0 spiro atoms. The smallest absolute Gasteiger partial charge is 0.191 e. The third-order valence-corrected chi connectivity index (χ3v) is 8.27. The molecular weight excluding hydrogens is 240 g/mol. The third kappa shape index (κ3) is 5.02. The van der Waals surface area contributed by atoms with Crippen molar-refractivity contribution in [1.82, 2.24) is 10.6 Å². The lowest BCUT2D eigenvalue weighted by atomic mass is 10.2. The summed E-state index contributed by atoms with van der Waals surface area (Å²) >= 11 is 0. The van der Waals surface area contributed by atoms with Gasteiger partial charge in [-0.15, -0.1) is 0 Å². The maximum atomic E-state index is 6.14. The van der Waals surface area contributed by atoms with E-state index in [-0.39, 0.29) is 0 Å². The summed E-state index contributed by atoms with van der Waals surface area (Å²) in [6, 6.07) is 0. The monoisotopic (exact) mass is 272 g/mol. The van der Waals surface area contributed by atoms with E-state index >= 15 is 0 Å². The fraction of sp³-hybridized carbons (Fsp3) is 0.857. The average molecular weight is 273 g/mol. The van der Waals surface area contributed by atoms with Crippen LogP contribution in [0.25, 0.3) is 0 Å². The Morgan fingerprint density at radius 3 is 2.11 bits per heavy atom. The lowest BCUT2D eigenvalue weighted by Gasteiger charge is -2.36. The lowest BCUT2D eigenvalue weighted by Crippen LogP contribution is -2.41. The summed E-state index contributed by atoms with van der Waals surface area (Å²) in [4.78, 5) is 0. The molecule has 1 aliphatic heterocycles. The fourth-order valence-corrected chi connectivity index (χ4v) is 2.47. The molecule has 2 N–H and O–H groups in total. The van der Waals surface area contributed by atoms with E-state index in [2.05, 4.69) is 51.4 Å². The Hall–Kier alpha value is -0.483. The summed E-state index contributed by atoms with van der Waals surface area (Å²) in [6.07, 6.45) is 0.991. The predicted molar refractivity (Wildman–Crippen MR) is 83.0 cm³/mol. The standard InChI is InChI=1S/C12H26N2OSi.C2H6/c1-10-11(14-9-13-10)7-8-15-16(5,6)12(2,3)4;1-2/h13-14H,7-9H2,1-6H3;1-2H3. The van der Waals surface area contributed by atoms with Crippen molar-refractivity contribution in [3.05, 3.63) is 11.4 Å². The van der Waals surface area contributed by atoms with Crippen LogP contribution in [0.15, 0.2) is 11.4 Å². The van der Waals surface area contributed by atoms with E-state index in [9.17, 15) is 0 Å². The van der Waals surface area contributed by atoms with Crippen molar-refractivity contribution in [3.8, 4) is 0 Å². The van der Waals surface area contributed by atoms with Gasteiger partial charge in [0.2, 0.25) is 0 Å². The second-order valence-corrected chi connectivity index (χ2v) is 10.8. The van der Waals surface area contributed by atoms with Gasteiger partial charge in [0.15, 0.2) is 8.32 Å². The van der Waals surface area contributed by atoms with Crippen LogP contribution in [0.4, 0.5) is 0 Å². The highest BCUT2D eigenvalue weighted by atomic mass is 28.4. The van der Waals surface area contributed by atoms with Crippen LogP contribution in [-0.4, -0.2) is 21.6 Å². The molecule has 108 valence electrons.